The first-order valence-corrected chi connectivity index (χ1v) is 8.84. The summed E-state index contributed by atoms with van der Waals surface area (Å²) in [4.78, 5) is 26.2. The number of hydrogen-bond acceptors (Lipinski definition) is 2. The number of nitrogens with one attached hydrogen (secondary N) is 1. The van der Waals surface area contributed by atoms with Crippen LogP contribution in [0.15, 0.2) is 30.3 Å². The van der Waals surface area contributed by atoms with Gasteiger partial charge in [0.15, 0.2) is 0 Å². The SMILES string of the molecule is O=C(NCC1(c2ccccc2)CCCC1)C(=O)N1CCCCC1. The fourth-order valence-corrected chi connectivity index (χ4v) is 3.98. The van der Waals surface area contributed by atoms with Gasteiger partial charge in [-0.1, -0.05) is 43.2 Å². The summed E-state index contributed by atoms with van der Waals surface area (Å²) in [5, 5.41) is 2.93. The number of piperidine rings is 1. The average molecular weight is 314 g/mol. The van der Waals surface area contributed by atoms with E-state index in [0.29, 0.717) is 6.54 Å². The molecular weight excluding hydrogens is 288 g/mol. The average Bonchev–Trinajstić information content (AvgIpc) is 3.11. The van der Waals surface area contributed by atoms with Crippen molar-refractivity contribution in [3.63, 3.8) is 0 Å². The molecule has 2 amide bonds. The topological polar surface area (TPSA) is 49.4 Å². The summed E-state index contributed by atoms with van der Waals surface area (Å²) in [6.07, 6.45) is 7.70. The number of benzene rings is 1. The van der Waals surface area contributed by atoms with E-state index in [0.717, 1.165) is 45.2 Å². The van der Waals surface area contributed by atoms with Crippen LogP contribution in [0.2, 0.25) is 0 Å². The number of amides is 2. The summed E-state index contributed by atoms with van der Waals surface area (Å²) in [6, 6.07) is 10.4. The molecule has 0 spiro atoms. The molecule has 2 aliphatic rings. The van der Waals surface area contributed by atoms with Crippen molar-refractivity contribution in [1.29, 1.82) is 0 Å². The molecule has 0 unspecified atom stereocenters. The van der Waals surface area contributed by atoms with Gasteiger partial charge >= 0.3 is 11.8 Å². The van der Waals surface area contributed by atoms with Gasteiger partial charge in [-0.2, -0.15) is 0 Å². The molecule has 0 bridgehead atoms. The van der Waals surface area contributed by atoms with Gasteiger partial charge in [-0.3, -0.25) is 9.59 Å². The molecule has 124 valence electrons. The van der Waals surface area contributed by atoms with Crippen LogP contribution < -0.4 is 5.32 Å². The Morgan fingerprint density at radius 2 is 1.61 bits per heavy atom. The van der Waals surface area contributed by atoms with Crippen molar-refractivity contribution in [1.82, 2.24) is 10.2 Å². The third-order valence-electron chi connectivity index (χ3n) is 5.37. The van der Waals surface area contributed by atoms with Crippen molar-refractivity contribution in [2.24, 2.45) is 0 Å². The molecule has 23 heavy (non-hydrogen) atoms. The standard InChI is InChI=1S/C19H26N2O2/c22-17(18(23)21-13-7-2-8-14-21)20-15-19(11-5-6-12-19)16-9-3-1-4-10-16/h1,3-4,9-10H,2,5-8,11-15H2,(H,20,22). The number of rotatable bonds is 3. The zero-order chi connectivity index (χ0) is 16.1. The summed E-state index contributed by atoms with van der Waals surface area (Å²) >= 11 is 0. The van der Waals surface area contributed by atoms with Gasteiger partial charge in [0.2, 0.25) is 0 Å². The van der Waals surface area contributed by atoms with Crippen LogP contribution in [0, 0.1) is 0 Å². The van der Waals surface area contributed by atoms with Crippen molar-refractivity contribution < 1.29 is 9.59 Å². The van der Waals surface area contributed by atoms with Crippen LogP contribution in [-0.2, 0) is 15.0 Å². The second kappa shape index (κ2) is 7.16. The van der Waals surface area contributed by atoms with Crippen LogP contribution in [0.5, 0.6) is 0 Å². The molecule has 1 N–H and O–H groups in total. The summed E-state index contributed by atoms with van der Waals surface area (Å²) in [5.74, 6) is -0.792. The molecule has 2 fully saturated rings. The maximum atomic E-state index is 12.3. The molecule has 4 heteroatoms. The van der Waals surface area contributed by atoms with E-state index in [1.807, 2.05) is 6.07 Å². The number of nitrogens with zero attached hydrogens (tertiary/aromatic N) is 1. The largest absolute Gasteiger partial charge is 0.347 e. The second-order valence-electron chi connectivity index (χ2n) is 6.89. The highest BCUT2D eigenvalue weighted by Crippen LogP contribution is 2.40. The Morgan fingerprint density at radius 1 is 0.957 bits per heavy atom. The van der Waals surface area contributed by atoms with Crippen LogP contribution >= 0.6 is 0 Å². The fraction of sp³-hybridized carbons (Fsp3) is 0.579. The molecule has 0 aromatic heterocycles. The van der Waals surface area contributed by atoms with E-state index in [1.54, 1.807) is 4.90 Å². The zero-order valence-corrected chi connectivity index (χ0v) is 13.7. The van der Waals surface area contributed by atoms with Crippen LogP contribution in [0.1, 0.15) is 50.5 Å². The first-order chi connectivity index (χ1) is 11.2. The Balaban J connectivity index is 1.63. The molecule has 1 heterocycles. The highest BCUT2D eigenvalue weighted by Gasteiger charge is 2.36. The van der Waals surface area contributed by atoms with Crippen molar-refractivity contribution in [3.8, 4) is 0 Å². The van der Waals surface area contributed by atoms with Gasteiger partial charge < -0.3 is 10.2 Å². The third-order valence-corrected chi connectivity index (χ3v) is 5.37. The van der Waals surface area contributed by atoms with Gasteiger partial charge in [0.1, 0.15) is 0 Å². The van der Waals surface area contributed by atoms with E-state index < -0.39 is 5.91 Å². The smallest absolute Gasteiger partial charge is 0.311 e. The highest BCUT2D eigenvalue weighted by atomic mass is 16.2. The summed E-state index contributed by atoms with van der Waals surface area (Å²) < 4.78 is 0. The van der Waals surface area contributed by atoms with Crippen LogP contribution in [0.3, 0.4) is 0 Å². The van der Waals surface area contributed by atoms with Crippen molar-refractivity contribution >= 4 is 11.8 Å². The molecule has 3 rings (SSSR count). The molecule has 1 aromatic rings. The van der Waals surface area contributed by atoms with E-state index in [2.05, 4.69) is 29.6 Å². The van der Waals surface area contributed by atoms with Gasteiger partial charge in [-0.25, -0.2) is 0 Å². The normalized spacial score (nSPS) is 20.3. The highest BCUT2D eigenvalue weighted by molar-refractivity contribution is 6.35. The fourth-order valence-electron chi connectivity index (χ4n) is 3.98. The molecule has 1 aliphatic carbocycles. The first-order valence-electron chi connectivity index (χ1n) is 8.84. The van der Waals surface area contributed by atoms with Gasteiger partial charge in [0.25, 0.3) is 0 Å². The lowest BCUT2D eigenvalue weighted by molar-refractivity contribution is -0.146. The lowest BCUT2D eigenvalue weighted by Crippen LogP contribution is -2.48. The molecule has 1 saturated heterocycles. The van der Waals surface area contributed by atoms with Gasteiger partial charge in [0, 0.05) is 25.0 Å². The van der Waals surface area contributed by atoms with Gasteiger partial charge in [-0.05, 0) is 37.7 Å². The summed E-state index contributed by atoms with van der Waals surface area (Å²) in [7, 11) is 0. The minimum atomic E-state index is -0.436. The molecule has 0 radical (unpaired) electrons. The lowest BCUT2D eigenvalue weighted by Gasteiger charge is -2.31. The second-order valence-corrected chi connectivity index (χ2v) is 6.89. The molecule has 1 saturated carbocycles. The summed E-state index contributed by atoms with van der Waals surface area (Å²) in [6.45, 7) is 2.00. The van der Waals surface area contributed by atoms with Crippen molar-refractivity contribution in [3.05, 3.63) is 35.9 Å². The maximum absolute atomic E-state index is 12.3. The Morgan fingerprint density at radius 3 is 2.26 bits per heavy atom. The van der Waals surface area contributed by atoms with E-state index in [4.69, 9.17) is 0 Å². The van der Waals surface area contributed by atoms with E-state index in [-0.39, 0.29) is 11.3 Å². The number of carbonyl (C=O) groups is 2. The lowest BCUT2D eigenvalue weighted by atomic mass is 9.79. The Labute approximate surface area is 138 Å². The Hall–Kier alpha value is -1.84. The molecular formula is C19H26N2O2. The molecule has 4 nitrogen and oxygen atoms in total. The van der Waals surface area contributed by atoms with Crippen molar-refractivity contribution in [2.75, 3.05) is 19.6 Å². The van der Waals surface area contributed by atoms with E-state index >= 15 is 0 Å². The van der Waals surface area contributed by atoms with Crippen LogP contribution in [0.4, 0.5) is 0 Å². The maximum Gasteiger partial charge on any atom is 0.311 e. The quantitative estimate of drug-likeness (QED) is 0.872. The number of carbonyl (C=O) groups excluding carboxylic acids is 2. The van der Waals surface area contributed by atoms with E-state index in [1.165, 1.54) is 18.4 Å². The molecule has 0 atom stereocenters. The Bertz CT molecular complexity index is 544. The van der Waals surface area contributed by atoms with Gasteiger partial charge in [-0.15, -0.1) is 0 Å². The number of likely N-dealkylation sites (tertiary alicyclic amines) is 1. The van der Waals surface area contributed by atoms with E-state index in [9.17, 15) is 9.59 Å². The number of hydrogen-bond donors (Lipinski definition) is 1. The molecule has 1 aliphatic heterocycles. The third kappa shape index (κ3) is 3.57. The summed E-state index contributed by atoms with van der Waals surface area (Å²) in [5.41, 5.74) is 1.28. The Kier molecular flexibility index (Phi) is 4.99. The van der Waals surface area contributed by atoms with Gasteiger partial charge in [0.05, 0.1) is 0 Å². The van der Waals surface area contributed by atoms with Crippen LogP contribution in [-0.4, -0.2) is 36.3 Å². The van der Waals surface area contributed by atoms with Crippen LogP contribution in [0.25, 0.3) is 0 Å². The monoisotopic (exact) mass is 314 g/mol. The minimum absolute atomic E-state index is 0.000895. The molecule has 1 aromatic carbocycles. The predicted octanol–water partition coefficient (Wildman–Crippen LogP) is 2.63. The van der Waals surface area contributed by atoms with Crippen molar-refractivity contribution in [2.45, 2.75) is 50.4 Å². The predicted molar refractivity (Wildman–Crippen MR) is 90.0 cm³/mol. The zero-order valence-electron chi connectivity index (χ0n) is 13.7. The minimum Gasteiger partial charge on any atom is -0.347 e. The first kappa shape index (κ1) is 16.0.